The van der Waals surface area contributed by atoms with Crippen molar-refractivity contribution in [2.75, 3.05) is 0 Å². The lowest BCUT2D eigenvalue weighted by Gasteiger charge is -2.31. The summed E-state index contributed by atoms with van der Waals surface area (Å²) in [6.07, 6.45) is 1.96. The van der Waals surface area contributed by atoms with Crippen LogP contribution in [-0.2, 0) is 25.7 Å². The average molecular weight is 348 g/mol. The second-order valence-corrected chi connectivity index (χ2v) is 5.65. The number of ether oxygens (including phenoxy) is 3. The van der Waals surface area contributed by atoms with Crippen molar-refractivity contribution in [3.05, 3.63) is 71.1 Å². The molecule has 0 radical (unpaired) electrons. The summed E-state index contributed by atoms with van der Waals surface area (Å²) in [5.74, 6) is 0.762. The van der Waals surface area contributed by atoms with Crippen LogP contribution in [0.25, 0.3) is 0 Å². The van der Waals surface area contributed by atoms with Gasteiger partial charge in [-0.3, -0.25) is 0 Å². The Morgan fingerprint density at radius 3 is 2.68 bits per heavy atom. The number of benzene rings is 1. The summed E-state index contributed by atoms with van der Waals surface area (Å²) in [5, 5.41) is 27.1. The van der Waals surface area contributed by atoms with Gasteiger partial charge in [0.05, 0.1) is 5.57 Å². The van der Waals surface area contributed by atoms with Crippen LogP contribution in [0.15, 0.2) is 65.5 Å². The summed E-state index contributed by atoms with van der Waals surface area (Å²) in [6, 6.07) is 9.62. The molecule has 0 spiro atoms. The first-order valence-electron chi connectivity index (χ1n) is 7.99. The van der Waals surface area contributed by atoms with E-state index in [0.29, 0.717) is 24.4 Å². The number of hydrogen-bond donors (Lipinski definition) is 3. The highest BCUT2D eigenvalue weighted by Gasteiger charge is 2.33. The summed E-state index contributed by atoms with van der Waals surface area (Å²) < 4.78 is 17.2. The minimum atomic E-state index is -1.46. The lowest BCUT2D eigenvalue weighted by molar-refractivity contribution is -0.210. The van der Waals surface area contributed by atoms with Crippen LogP contribution in [0.2, 0.25) is 0 Å². The maximum absolute atomic E-state index is 9.06. The van der Waals surface area contributed by atoms with Gasteiger partial charge in [-0.2, -0.15) is 0 Å². The number of aliphatic hydroxyl groups excluding tert-OH is 1. The quantitative estimate of drug-likeness (QED) is 0.396. The zero-order chi connectivity index (χ0) is 17.6. The van der Waals surface area contributed by atoms with Gasteiger partial charge in [0, 0.05) is 19.3 Å². The Morgan fingerprint density at radius 2 is 1.96 bits per heavy atom. The molecular weight excluding hydrogens is 328 g/mol. The van der Waals surface area contributed by atoms with Gasteiger partial charge in [-0.15, -0.1) is 0 Å². The second-order valence-electron chi connectivity index (χ2n) is 5.65. The second kappa shape index (κ2) is 8.06. The van der Waals surface area contributed by atoms with Crippen LogP contribution in [-0.4, -0.2) is 28.1 Å². The molecule has 25 heavy (non-hydrogen) atoms. The molecule has 1 heterocycles. The SMILES string of the molecule is OOC1=C2OC(CCC(O)O)OC(OCc3ccccc3)=C2CC=C1. The van der Waals surface area contributed by atoms with Crippen molar-refractivity contribution in [1.82, 2.24) is 0 Å². The first-order chi connectivity index (χ1) is 12.2. The standard InChI is InChI=1S/C18H20O7/c19-15(20)9-10-16-23-17-13(7-4-8-14(17)25-21)18(24-16)22-11-12-5-2-1-3-6-12/h1-6,8,15-16,19-21H,7,9-11H2. The molecule has 0 bridgehead atoms. The van der Waals surface area contributed by atoms with Crippen molar-refractivity contribution in [2.45, 2.75) is 38.4 Å². The maximum atomic E-state index is 9.06. The van der Waals surface area contributed by atoms with Crippen LogP contribution in [0.4, 0.5) is 0 Å². The third kappa shape index (κ3) is 4.33. The summed E-state index contributed by atoms with van der Waals surface area (Å²) in [4.78, 5) is 4.37. The van der Waals surface area contributed by atoms with Gasteiger partial charge in [0.2, 0.25) is 12.0 Å². The van der Waals surface area contributed by atoms with E-state index in [9.17, 15) is 0 Å². The molecule has 1 aliphatic carbocycles. The minimum Gasteiger partial charge on any atom is -0.460 e. The largest absolute Gasteiger partial charge is 0.460 e. The van der Waals surface area contributed by atoms with E-state index in [4.69, 9.17) is 29.7 Å². The Kier molecular flexibility index (Phi) is 5.60. The third-order valence-electron chi connectivity index (χ3n) is 3.79. The molecule has 1 unspecified atom stereocenters. The Morgan fingerprint density at radius 1 is 1.16 bits per heavy atom. The average Bonchev–Trinajstić information content (AvgIpc) is 2.64. The summed E-state index contributed by atoms with van der Waals surface area (Å²) in [7, 11) is 0. The molecule has 3 N–H and O–H groups in total. The fourth-order valence-electron chi connectivity index (χ4n) is 2.57. The van der Waals surface area contributed by atoms with Gasteiger partial charge in [0.25, 0.3) is 5.95 Å². The summed E-state index contributed by atoms with van der Waals surface area (Å²) in [6.45, 7) is 0.307. The fraction of sp³-hybridized carbons (Fsp3) is 0.333. The molecule has 0 fully saturated rings. The van der Waals surface area contributed by atoms with Gasteiger partial charge in [0.15, 0.2) is 12.0 Å². The van der Waals surface area contributed by atoms with Crippen LogP contribution in [0, 0.1) is 0 Å². The molecule has 0 saturated carbocycles. The van der Waals surface area contributed by atoms with Crippen molar-refractivity contribution >= 4 is 0 Å². The lowest BCUT2D eigenvalue weighted by atomic mass is 10.0. The molecule has 134 valence electrons. The Hall–Kier alpha value is -2.48. The van der Waals surface area contributed by atoms with Gasteiger partial charge in [-0.25, -0.2) is 5.26 Å². The molecule has 1 atom stereocenters. The van der Waals surface area contributed by atoms with Crippen molar-refractivity contribution in [3.8, 4) is 0 Å². The predicted octanol–water partition coefficient (Wildman–Crippen LogP) is 2.54. The van der Waals surface area contributed by atoms with Gasteiger partial charge < -0.3 is 29.3 Å². The minimum absolute atomic E-state index is 0.0738. The van der Waals surface area contributed by atoms with E-state index < -0.39 is 12.6 Å². The molecule has 1 aromatic rings. The van der Waals surface area contributed by atoms with Gasteiger partial charge >= 0.3 is 0 Å². The van der Waals surface area contributed by atoms with Crippen LogP contribution >= 0.6 is 0 Å². The van der Waals surface area contributed by atoms with Crippen molar-refractivity contribution in [1.29, 1.82) is 0 Å². The maximum Gasteiger partial charge on any atom is 0.290 e. The number of aliphatic hydroxyl groups is 2. The normalized spacial score (nSPS) is 19.4. The molecule has 1 aliphatic heterocycles. The molecule has 3 rings (SSSR count). The lowest BCUT2D eigenvalue weighted by Crippen LogP contribution is -2.27. The van der Waals surface area contributed by atoms with E-state index in [1.165, 1.54) is 0 Å². The van der Waals surface area contributed by atoms with Gasteiger partial charge in [-0.05, 0) is 11.6 Å². The number of allylic oxidation sites excluding steroid dienone is 3. The van der Waals surface area contributed by atoms with Crippen molar-refractivity contribution < 1.29 is 34.6 Å². The highest BCUT2D eigenvalue weighted by molar-refractivity contribution is 5.40. The molecule has 1 aromatic carbocycles. The highest BCUT2D eigenvalue weighted by Crippen LogP contribution is 2.36. The molecule has 0 aromatic heterocycles. The molecule has 0 saturated heterocycles. The monoisotopic (exact) mass is 348 g/mol. The van der Waals surface area contributed by atoms with Gasteiger partial charge in [-0.1, -0.05) is 36.4 Å². The van der Waals surface area contributed by atoms with Crippen LogP contribution in [0.3, 0.4) is 0 Å². The Balaban J connectivity index is 1.80. The zero-order valence-corrected chi connectivity index (χ0v) is 13.5. The molecule has 0 amide bonds. The van der Waals surface area contributed by atoms with Crippen LogP contribution < -0.4 is 0 Å². The smallest absolute Gasteiger partial charge is 0.290 e. The number of rotatable bonds is 7. The van der Waals surface area contributed by atoms with Crippen LogP contribution in [0.5, 0.6) is 0 Å². The van der Waals surface area contributed by atoms with Crippen LogP contribution in [0.1, 0.15) is 24.8 Å². The third-order valence-corrected chi connectivity index (χ3v) is 3.79. The molecule has 2 aliphatic rings. The molecule has 7 heteroatoms. The van der Waals surface area contributed by atoms with Crippen molar-refractivity contribution in [2.24, 2.45) is 0 Å². The number of hydrogen-bond acceptors (Lipinski definition) is 7. The van der Waals surface area contributed by atoms with E-state index in [1.807, 2.05) is 30.3 Å². The molecule has 7 nitrogen and oxygen atoms in total. The van der Waals surface area contributed by atoms with E-state index >= 15 is 0 Å². The topological polar surface area (TPSA) is 97.6 Å². The highest BCUT2D eigenvalue weighted by atomic mass is 17.1. The van der Waals surface area contributed by atoms with E-state index in [0.717, 1.165) is 5.56 Å². The van der Waals surface area contributed by atoms with E-state index in [1.54, 1.807) is 12.2 Å². The predicted molar refractivity (Wildman–Crippen MR) is 86.2 cm³/mol. The zero-order valence-electron chi connectivity index (χ0n) is 13.5. The first-order valence-corrected chi connectivity index (χ1v) is 7.99. The Bertz CT molecular complexity index is 676. The fourth-order valence-corrected chi connectivity index (χ4v) is 2.57. The first kappa shape index (κ1) is 17.3. The van der Waals surface area contributed by atoms with Gasteiger partial charge in [0.1, 0.15) is 6.61 Å². The van der Waals surface area contributed by atoms with E-state index in [2.05, 4.69) is 4.89 Å². The number of fused-ring (bicyclic) bond motifs is 1. The van der Waals surface area contributed by atoms with Crippen molar-refractivity contribution in [3.63, 3.8) is 0 Å². The summed E-state index contributed by atoms with van der Waals surface area (Å²) >= 11 is 0. The van der Waals surface area contributed by atoms with E-state index in [-0.39, 0.29) is 24.5 Å². The Labute approximate surface area is 144 Å². The summed E-state index contributed by atoms with van der Waals surface area (Å²) in [5.41, 5.74) is 1.60. The molecular formula is C18H20O7.